The topological polar surface area (TPSA) is 75.6 Å². The van der Waals surface area contributed by atoms with Crippen molar-refractivity contribution in [1.82, 2.24) is 19.7 Å². The third-order valence-corrected chi connectivity index (χ3v) is 3.22. The van der Waals surface area contributed by atoms with Crippen LogP contribution in [0.3, 0.4) is 0 Å². The van der Waals surface area contributed by atoms with E-state index in [9.17, 15) is 4.79 Å². The molecule has 2 aromatic heterocycles. The van der Waals surface area contributed by atoms with Gasteiger partial charge in [0.25, 0.3) is 5.56 Å². The van der Waals surface area contributed by atoms with E-state index in [2.05, 4.69) is 20.4 Å². The Bertz CT molecular complexity index is 806. The number of benzene rings is 1. The Kier molecular flexibility index (Phi) is 3.15. The summed E-state index contributed by atoms with van der Waals surface area (Å²) in [6.07, 6.45) is 1.57. The number of aromatic amines is 1. The Morgan fingerprint density at radius 2 is 2.10 bits per heavy atom. The lowest BCUT2D eigenvalue weighted by Gasteiger charge is -2.05. The molecule has 20 heavy (non-hydrogen) atoms. The summed E-state index contributed by atoms with van der Waals surface area (Å²) >= 11 is 5.83. The molecule has 0 atom stereocenters. The van der Waals surface area contributed by atoms with Crippen molar-refractivity contribution in [2.75, 3.05) is 5.32 Å². The molecule has 3 rings (SSSR count). The molecule has 0 saturated carbocycles. The van der Waals surface area contributed by atoms with E-state index in [1.54, 1.807) is 13.2 Å². The van der Waals surface area contributed by atoms with Crippen LogP contribution in [0.1, 0.15) is 5.56 Å². The van der Waals surface area contributed by atoms with Crippen LogP contribution >= 0.6 is 11.6 Å². The minimum Gasteiger partial charge on any atom is -0.352 e. The molecule has 0 fully saturated rings. The average molecular weight is 290 g/mol. The van der Waals surface area contributed by atoms with Gasteiger partial charge in [0.05, 0.1) is 6.20 Å². The summed E-state index contributed by atoms with van der Waals surface area (Å²) < 4.78 is 1.50. The molecular formula is C13H12ClN5O. The number of aryl methyl sites for hydroxylation is 1. The SMILES string of the molecule is Cn1ncc2nc(NCc3ccc(Cl)cc3)[nH]c(=O)c21. The van der Waals surface area contributed by atoms with Crippen LogP contribution in [-0.4, -0.2) is 19.7 Å². The molecule has 0 aliphatic heterocycles. The average Bonchev–Trinajstić information content (AvgIpc) is 2.80. The standard InChI is InChI=1S/C13H12ClN5O/c1-19-11-10(7-16-19)17-13(18-12(11)20)15-6-8-2-4-9(14)5-3-8/h2-5,7H,6H2,1H3,(H2,15,17,18,20). The molecule has 0 unspecified atom stereocenters. The van der Waals surface area contributed by atoms with Gasteiger partial charge < -0.3 is 5.32 Å². The Hall–Kier alpha value is -2.34. The van der Waals surface area contributed by atoms with E-state index in [0.29, 0.717) is 28.5 Å². The molecule has 0 saturated heterocycles. The molecule has 2 heterocycles. The molecule has 2 N–H and O–H groups in total. The number of hydrogen-bond acceptors (Lipinski definition) is 4. The lowest BCUT2D eigenvalue weighted by molar-refractivity contribution is 0.792. The summed E-state index contributed by atoms with van der Waals surface area (Å²) in [6.45, 7) is 0.547. The summed E-state index contributed by atoms with van der Waals surface area (Å²) in [6, 6.07) is 7.46. The van der Waals surface area contributed by atoms with Crippen LogP contribution in [0, 0.1) is 0 Å². The van der Waals surface area contributed by atoms with Gasteiger partial charge in [-0.15, -0.1) is 0 Å². The highest BCUT2D eigenvalue weighted by molar-refractivity contribution is 6.30. The second-order valence-electron chi connectivity index (χ2n) is 4.40. The number of rotatable bonds is 3. The van der Waals surface area contributed by atoms with E-state index in [4.69, 9.17) is 11.6 Å². The highest BCUT2D eigenvalue weighted by Gasteiger charge is 2.07. The van der Waals surface area contributed by atoms with Gasteiger partial charge in [-0.3, -0.25) is 14.5 Å². The van der Waals surface area contributed by atoms with Gasteiger partial charge in [-0.2, -0.15) is 5.10 Å². The smallest absolute Gasteiger partial charge is 0.278 e. The van der Waals surface area contributed by atoms with Gasteiger partial charge in [-0.05, 0) is 17.7 Å². The molecule has 0 aliphatic carbocycles. The van der Waals surface area contributed by atoms with Crippen LogP contribution in [0.2, 0.25) is 5.02 Å². The number of nitrogens with zero attached hydrogens (tertiary/aromatic N) is 3. The Morgan fingerprint density at radius 3 is 2.85 bits per heavy atom. The maximum Gasteiger partial charge on any atom is 0.278 e. The van der Waals surface area contributed by atoms with E-state index in [1.807, 2.05) is 24.3 Å². The second kappa shape index (κ2) is 4.97. The molecule has 0 radical (unpaired) electrons. The number of hydrogen-bond donors (Lipinski definition) is 2. The molecule has 3 aromatic rings. The predicted octanol–water partition coefficient (Wildman–Crippen LogP) is 1.92. The fourth-order valence-electron chi connectivity index (χ4n) is 1.96. The van der Waals surface area contributed by atoms with Crippen molar-refractivity contribution in [1.29, 1.82) is 0 Å². The maximum atomic E-state index is 11.9. The molecule has 0 bridgehead atoms. The van der Waals surface area contributed by atoms with Gasteiger partial charge in [0, 0.05) is 18.6 Å². The van der Waals surface area contributed by atoms with Crippen LogP contribution in [0.5, 0.6) is 0 Å². The number of H-pyrrole nitrogens is 1. The minimum absolute atomic E-state index is 0.214. The molecule has 7 heteroatoms. The lowest BCUT2D eigenvalue weighted by Crippen LogP contribution is -2.14. The minimum atomic E-state index is -0.214. The van der Waals surface area contributed by atoms with Crippen molar-refractivity contribution in [2.45, 2.75) is 6.54 Å². The zero-order valence-corrected chi connectivity index (χ0v) is 11.5. The first-order valence-electron chi connectivity index (χ1n) is 6.04. The van der Waals surface area contributed by atoms with Crippen LogP contribution in [0.25, 0.3) is 11.0 Å². The van der Waals surface area contributed by atoms with Gasteiger partial charge in [-0.1, -0.05) is 23.7 Å². The summed E-state index contributed by atoms with van der Waals surface area (Å²) in [7, 11) is 1.71. The normalized spacial score (nSPS) is 10.9. The van der Waals surface area contributed by atoms with Crippen molar-refractivity contribution in [2.24, 2.45) is 7.05 Å². The van der Waals surface area contributed by atoms with Gasteiger partial charge in [0.1, 0.15) is 5.52 Å². The van der Waals surface area contributed by atoms with E-state index >= 15 is 0 Å². The van der Waals surface area contributed by atoms with Crippen LogP contribution in [-0.2, 0) is 13.6 Å². The summed E-state index contributed by atoms with van der Waals surface area (Å²) in [5, 5.41) is 7.78. The molecule has 102 valence electrons. The predicted molar refractivity (Wildman–Crippen MR) is 77.9 cm³/mol. The van der Waals surface area contributed by atoms with Crippen LogP contribution in [0.4, 0.5) is 5.95 Å². The molecule has 0 amide bonds. The Morgan fingerprint density at radius 1 is 1.35 bits per heavy atom. The van der Waals surface area contributed by atoms with Crippen molar-refractivity contribution < 1.29 is 0 Å². The summed E-state index contributed by atoms with van der Waals surface area (Å²) in [5.41, 5.74) is 1.86. The van der Waals surface area contributed by atoms with Crippen molar-refractivity contribution in [3.63, 3.8) is 0 Å². The molecular weight excluding hydrogens is 278 g/mol. The van der Waals surface area contributed by atoms with Crippen LogP contribution in [0.15, 0.2) is 35.3 Å². The first-order chi connectivity index (χ1) is 9.63. The first-order valence-corrected chi connectivity index (χ1v) is 6.41. The quantitative estimate of drug-likeness (QED) is 0.772. The van der Waals surface area contributed by atoms with Crippen LogP contribution < -0.4 is 10.9 Å². The third-order valence-electron chi connectivity index (χ3n) is 2.97. The highest BCUT2D eigenvalue weighted by Crippen LogP contribution is 2.11. The van der Waals surface area contributed by atoms with Crippen molar-refractivity contribution in [3.8, 4) is 0 Å². The van der Waals surface area contributed by atoms with Gasteiger partial charge in [0.15, 0.2) is 5.52 Å². The first kappa shape index (κ1) is 12.7. The number of fused-ring (bicyclic) bond motifs is 1. The fourth-order valence-corrected chi connectivity index (χ4v) is 2.08. The van der Waals surface area contributed by atoms with E-state index in [-0.39, 0.29) is 5.56 Å². The Labute approximate surface area is 119 Å². The van der Waals surface area contributed by atoms with E-state index in [1.165, 1.54) is 4.68 Å². The summed E-state index contributed by atoms with van der Waals surface area (Å²) in [4.78, 5) is 18.9. The second-order valence-corrected chi connectivity index (χ2v) is 4.83. The van der Waals surface area contributed by atoms with E-state index in [0.717, 1.165) is 5.56 Å². The number of nitrogens with one attached hydrogen (secondary N) is 2. The Balaban J connectivity index is 1.84. The highest BCUT2D eigenvalue weighted by atomic mass is 35.5. The zero-order chi connectivity index (χ0) is 14.1. The third kappa shape index (κ3) is 2.37. The molecule has 0 aliphatic rings. The van der Waals surface area contributed by atoms with E-state index < -0.39 is 0 Å². The number of anilines is 1. The lowest BCUT2D eigenvalue weighted by atomic mass is 10.2. The number of aromatic nitrogens is 4. The number of halogens is 1. The molecule has 0 spiro atoms. The largest absolute Gasteiger partial charge is 0.352 e. The van der Waals surface area contributed by atoms with Crippen molar-refractivity contribution in [3.05, 3.63) is 51.4 Å². The maximum absolute atomic E-state index is 11.9. The molecule has 1 aromatic carbocycles. The van der Waals surface area contributed by atoms with Gasteiger partial charge in [0.2, 0.25) is 5.95 Å². The monoisotopic (exact) mass is 289 g/mol. The molecule has 6 nitrogen and oxygen atoms in total. The van der Waals surface area contributed by atoms with Crippen molar-refractivity contribution >= 4 is 28.6 Å². The zero-order valence-electron chi connectivity index (χ0n) is 10.7. The van der Waals surface area contributed by atoms with Gasteiger partial charge in [-0.25, -0.2) is 4.98 Å². The fraction of sp³-hybridized carbons (Fsp3) is 0.154. The summed E-state index contributed by atoms with van der Waals surface area (Å²) in [5.74, 6) is 0.422. The van der Waals surface area contributed by atoms with Gasteiger partial charge >= 0.3 is 0 Å².